The number of nitrogens with zero attached hydrogens (tertiary/aromatic N) is 1. The van der Waals surface area contributed by atoms with E-state index in [0.717, 1.165) is 13.0 Å². The number of nitrogens with two attached hydrogens (primary N) is 1. The molecule has 7 heteroatoms. The minimum Gasteiger partial charge on any atom is -0.492 e. The number of ether oxygens (including phenoxy) is 1. The SMILES string of the molecule is CN(C)CCCNS(=O)(=O)c1ccc(OCCN)cc1. The van der Waals surface area contributed by atoms with Crippen molar-refractivity contribution in [3.8, 4) is 5.75 Å². The van der Waals surface area contributed by atoms with Crippen molar-refractivity contribution >= 4 is 10.0 Å². The monoisotopic (exact) mass is 301 g/mol. The zero-order valence-corrected chi connectivity index (χ0v) is 12.8. The molecule has 0 aliphatic rings. The molecule has 1 aromatic rings. The first-order valence-corrected chi connectivity index (χ1v) is 8.01. The van der Waals surface area contributed by atoms with Crippen LogP contribution in [-0.4, -0.2) is 53.7 Å². The third kappa shape index (κ3) is 5.87. The van der Waals surface area contributed by atoms with Crippen LogP contribution >= 0.6 is 0 Å². The van der Waals surface area contributed by atoms with Crippen LogP contribution in [0.25, 0.3) is 0 Å². The molecule has 0 saturated heterocycles. The van der Waals surface area contributed by atoms with E-state index in [0.29, 0.717) is 25.4 Å². The molecule has 0 atom stereocenters. The first kappa shape index (κ1) is 16.9. The van der Waals surface area contributed by atoms with Gasteiger partial charge in [-0.1, -0.05) is 0 Å². The maximum Gasteiger partial charge on any atom is 0.240 e. The van der Waals surface area contributed by atoms with Gasteiger partial charge in [0.2, 0.25) is 10.0 Å². The van der Waals surface area contributed by atoms with E-state index in [1.807, 2.05) is 19.0 Å². The lowest BCUT2D eigenvalue weighted by Crippen LogP contribution is -2.27. The molecule has 1 aromatic carbocycles. The third-order valence-electron chi connectivity index (χ3n) is 2.59. The van der Waals surface area contributed by atoms with Gasteiger partial charge in [-0.3, -0.25) is 0 Å². The van der Waals surface area contributed by atoms with Crippen LogP contribution in [0.15, 0.2) is 29.2 Å². The van der Waals surface area contributed by atoms with Crippen LogP contribution in [0.3, 0.4) is 0 Å². The minimum absolute atomic E-state index is 0.238. The second kappa shape index (κ2) is 8.21. The molecule has 0 fully saturated rings. The molecule has 0 aromatic heterocycles. The fraction of sp³-hybridized carbons (Fsp3) is 0.538. The summed E-state index contributed by atoms with van der Waals surface area (Å²) >= 11 is 0. The van der Waals surface area contributed by atoms with Crippen LogP contribution in [0, 0.1) is 0 Å². The molecule has 0 saturated carbocycles. The van der Waals surface area contributed by atoms with Crippen molar-refractivity contribution < 1.29 is 13.2 Å². The highest BCUT2D eigenvalue weighted by Crippen LogP contribution is 2.15. The summed E-state index contributed by atoms with van der Waals surface area (Å²) in [5.74, 6) is 0.613. The summed E-state index contributed by atoms with van der Waals surface area (Å²) in [4.78, 5) is 2.25. The number of sulfonamides is 1. The zero-order chi connectivity index (χ0) is 15.0. The Morgan fingerprint density at radius 2 is 1.90 bits per heavy atom. The fourth-order valence-corrected chi connectivity index (χ4v) is 2.65. The molecule has 0 aliphatic carbocycles. The van der Waals surface area contributed by atoms with E-state index in [4.69, 9.17) is 10.5 Å². The summed E-state index contributed by atoms with van der Waals surface area (Å²) in [7, 11) is 0.462. The number of rotatable bonds is 9. The van der Waals surface area contributed by atoms with Crippen LogP contribution in [0.2, 0.25) is 0 Å². The van der Waals surface area contributed by atoms with Crippen molar-refractivity contribution in [2.45, 2.75) is 11.3 Å². The Hall–Kier alpha value is -1.15. The summed E-state index contributed by atoms with van der Waals surface area (Å²) in [6.07, 6.45) is 0.768. The highest BCUT2D eigenvalue weighted by molar-refractivity contribution is 7.89. The van der Waals surface area contributed by atoms with Crippen molar-refractivity contribution in [3.63, 3.8) is 0 Å². The normalized spacial score (nSPS) is 11.8. The molecular weight excluding hydrogens is 278 g/mol. The van der Waals surface area contributed by atoms with Gasteiger partial charge in [0.1, 0.15) is 12.4 Å². The van der Waals surface area contributed by atoms with E-state index in [1.165, 1.54) is 12.1 Å². The Bertz CT molecular complexity index is 486. The highest BCUT2D eigenvalue weighted by Gasteiger charge is 2.13. The van der Waals surface area contributed by atoms with E-state index < -0.39 is 10.0 Å². The van der Waals surface area contributed by atoms with Crippen molar-refractivity contribution in [2.24, 2.45) is 5.73 Å². The number of hydrogen-bond acceptors (Lipinski definition) is 5. The first-order valence-electron chi connectivity index (χ1n) is 6.53. The number of hydrogen-bond donors (Lipinski definition) is 2. The predicted molar refractivity (Wildman–Crippen MR) is 79.4 cm³/mol. The van der Waals surface area contributed by atoms with E-state index in [1.54, 1.807) is 12.1 Å². The van der Waals surface area contributed by atoms with Gasteiger partial charge in [0, 0.05) is 13.1 Å². The fourth-order valence-electron chi connectivity index (χ4n) is 1.58. The van der Waals surface area contributed by atoms with Gasteiger partial charge in [0.05, 0.1) is 4.90 Å². The van der Waals surface area contributed by atoms with E-state index >= 15 is 0 Å². The summed E-state index contributed by atoms with van der Waals surface area (Å²) in [6.45, 7) is 2.10. The van der Waals surface area contributed by atoms with Crippen LogP contribution in [0.4, 0.5) is 0 Å². The Morgan fingerprint density at radius 3 is 2.45 bits per heavy atom. The van der Waals surface area contributed by atoms with Crippen molar-refractivity contribution in [1.29, 1.82) is 0 Å². The first-order chi connectivity index (χ1) is 9.45. The standard InChI is InChI=1S/C13H23N3O3S/c1-16(2)10-3-9-15-20(17,18)13-6-4-12(5-7-13)19-11-8-14/h4-7,15H,3,8-11,14H2,1-2H3. The summed E-state index contributed by atoms with van der Waals surface area (Å²) in [5, 5.41) is 0. The lowest BCUT2D eigenvalue weighted by molar-refractivity contribution is 0.328. The van der Waals surface area contributed by atoms with E-state index in [-0.39, 0.29) is 4.90 Å². The topological polar surface area (TPSA) is 84.7 Å². The summed E-state index contributed by atoms with van der Waals surface area (Å²) < 4.78 is 31.9. The molecule has 0 bridgehead atoms. The number of benzene rings is 1. The largest absolute Gasteiger partial charge is 0.492 e. The molecule has 20 heavy (non-hydrogen) atoms. The second-order valence-electron chi connectivity index (χ2n) is 4.66. The van der Waals surface area contributed by atoms with E-state index in [9.17, 15) is 8.42 Å². The van der Waals surface area contributed by atoms with Gasteiger partial charge in [-0.25, -0.2) is 13.1 Å². The number of nitrogens with one attached hydrogen (secondary N) is 1. The van der Waals surface area contributed by atoms with Gasteiger partial charge in [-0.2, -0.15) is 0 Å². The Balaban J connectivity index is 2.54. The maximum atomic E-state index is 12.0. The zero-order valence-electron chi connectivity index (χ0n) is 12.0. The molecule has 0 unspecified atom stereocenters. The van der Waals surface area contributed by atoms with Crippen LogP contribution in [0.5, 0.6) is 5.75 Å². The van der Waals surface area contributed by atoms with Crippen molar-refractivity contribution in [3.05, 3.63) is 24.3 Å². The summed E-state index contributed by atoms with van der Waals surface area (Å²) in [6, 6.07) is 6.31. The average molecular weight is 301 g/mol. The average Bonchev–Trinajstić information content (AvgIpc) is 2.42. The molecular formula is C13H23N3O3S. The van der Waals surface area contributed by atoms with Crippen molar-refractivity contribution in [1.82, 2.24) is 9.62 Å². The molecule has 0 heterocycles. The van der Waals surface area contributed by atoms with E-state index in [2.05, 4.69) is 4.72 Å². The van der Waals surface area contributed by atoms with Gasteiger partial charge >= 0.3 is 0 Å². The van der Waals surface area contributed by atoms with Gasteiger partial charge < -0.3 is 15.4 Å². The summed E-state index contributed by atoms with van der Waals surface area (Å²) in [5.41, 5.74) is 5.33. The molecule has 1 rings (SSSR count). The van der Waals surface area contributed by atoms with Gasteiger partial charge in [0.15, 0.2) is 0 Å². The van der Waals surface area contributed by atoms with Gasteiger partial charge in [-0.05, 0) is 51.3 Å². The Kier molecular flexibility index (Phi) is 6.94. The lowest BCUT2D eigenvalue weighted by atomic mass is 10.3. The molecule has 0 radical (unpaired) electrons. The van der Waals surface area contributed by atoms with Crippen LogP contribution in [-0.2, 0) is 10.0 Å². The lowest BCUT2D eigenvalue weighted by Gasteiger charge is -2.11. The van der Waals surface area contributed by atoms with Crippen LogP contribution in [0.1, 0.15) is 6.42 Å². The Morgan fingerprint density at radius 1 is 1.25 bits per heavy atom. The maximum absolute atomic E-state index is 12.0. The molecule has 114 valence electrons. The van der Waals surface area contributed by atoms with Gasteiger partial charge in [-0.15, -0.1) is 0 Å². The third-order valence-corrected chi connectivity index (χ3v) is 4.07. The van der Waals surface area contributed by atoms with Crippen molar-refractivity contribution in [2.75, 3.05) is 40.3 Å². The smallest absolute Gasteiger partial charge is 0.240 e. The molecule has 0 aliphatic heterocycles. The molecule has 0 amide bonds. The minimum atomic E-state index is -3.44. The predicted octanol–water partition coefficient (Wildman–Crippen LogP) is 0.254. The molecule has 0 spiro atoms. The quantitative estimate of drug-likeness (QED) is 0.639. The van der Waals surface area contributed by atoms with Gasteiger partial charge in [0.25, 0.3) is 0 Å². The second-order valence-corrected chi connectivity index (χ2v) is 6.43. The Labute approximate surface area is 121 Å². The molecule has 6 nitrogen and oxygen atoms in total. The molecule has 3 N–H and O–H groups in total. The highest BCUT2D eigenvalue weighted by atomic mass is 32.2. The van der Waals surface area contributed by atoms with Crippen LogP contribution < -0.4 is 15.2 Å².